The molecule has 162 valence electrons. The van der Waals surface area contributed by atoms with Crippen LogP contribution in [0.15, 0.2) is 53.5 Å². The number of guanidine groups is 1. The highest BCUT2D eigenvalue weighted by atomic mass is 19.4. The fraction of sp³-hybridized carbons (Fsp3) is 0.333. The van der Waals surface area contributed by atoms with Gasteiger partial charge < -0.3 is 15.4 Å². The first-order valence-corrected chi connectivity index (χ1v) is 9.44. The molecule has 0 fully saturated rings. The second kappa shape index (κ2) is 11.1. The van der Waals surface area contributed by atoms with E-state index in [1.165, 1.54) is 19.2 Å². The van der Waals surface area contributed by atoms with Crippen LogP contribution < -0.4 is 16.0 Å². The number of alkyl halides is 3. The minimum absolute atomic E-state index is 0.425. The Kier molecular flexibility index (Phi) is 8.52. The van der Waals surface area contributed by atoms with Crippen LogP contribution in [-0.4, -0.2) is 32.3 Å². The number of hydrogen-bond donors (Lipinski definition) is 3. The summed E-state index contributed by atoms with van der Waals surface area (Å²) in [4.78, 5) is 15.7. The molecule has 0 aliphatic heterocycles. The first-order valence-electron chi connectivity index (χ1n) is 9.44. The lowest BCUT2D eigenvalue weighted by Crippen LogP contribution is -2.38. The molecule has 2 rings (SSSR count). The number of nitrogens with one attached hydrogen (secondary N) is 3. The minimum Gasteiger partial charge on any atom is -0.453 e. The highest BCUT2D eigenvalue weighted by molar-refractivity contribution is 5.84. The fourth-order valence-corrected chi connectivity index (χ4v) is 2.56. The fourth-order valence-electron chi connectivity index (χ4n) is 2.56. The molecule has 0 atom stereocenters. The number of hydrogen-bond acceptors (Lipinski definition) is 3. The average molecular weight is 422 g/mol. The number of carbonyl (C=O) groups excluding carboxylic acids is 1. The van der Waals surface area contributed by atoms with Crippen LogP contribution >= 0.6 is 0 Å². The summed E-state index contributed by atoms with van der Waals surface area (Å²) in [5, 5.41) is 8.88. The van der Waals surface area contributed by atoms with Gasteiger partial charge in [0.15, 0.2) is 5.96 Å². The van der Waals surface area contributed by atoms with Gasteiger partial charge in [0.05, 0.1) is 19.2 Å². The van der Waals surface area contributed by atoms with E-state index in [1.54, 1.807) is 12.1 Å². The summed E-state index contributed by atoms with van der Waals surface area (Å²) >= 11 is 0. The summed E-state index contributed by atoms with van der Waals surface area (Å²) in [5.74, 6) is 0.612. The molecule has 0 unspecified atom stereocenters. The molecular weight excluding hydrogens is 397 g/mol. The molecule has 0 spiro atoms. The number of nitrogens with zero attached hydrogens (tertiary/aromatic N) is 1. The summed E-state index contributed by atoms with van der Waals surface area (Å²) in [5.41, 5.74) is 1.73. The summed E-state index contributed by atoms with van der Waals surface area (Å²) < 4.78 is 42.4. The predicted molar refractivity (Wildman–Crippen MR) is 110 cm³/mol. The number of amides is 1. The van der Waals surface area contributed by atoms with Gasteiger partial charge >= 0.3 is 12.3 Å². The average Bonchev–Trinajstić information content (AvgIpc) is 2.72. The van der Waals surface area contributed by atoms with Crippen LogP contribution in [-0.2, 0) is 23.9 Å². The lowest BCUT2D eigenvalue weighted by molar-refractivity contribution is -0.137. The second-order valence-electron chi connectivity index (χ2n) is 6.38. The van der Waals surface area contributed by atoms with Crippen LogP contribution in [0.1, 0.15) is 23.6 Å². The topological polar surface area (TPSA) is 74.8 Å². The van der Waals surface area contributed by atoms with Crippen molar-refractivity contribution in [2.45, 2.75) is 26.1 Å². The lowest BCUT2D eigenvalue weighted by Gasteiger charge is -2.12. The minimum atomic E-state index is -4.32. The van der Waals surface area contributed by atoms with Gasteiger partial charge in [-0.05, 0) is 48.7 Å². The zero-order chi connectivity index (χ0) is 22.0. The van der Waals surface area contributed by atoms with Crippen LogP contribution in [0, 0.1) is 0 Å². The van der Waals surface area contributed by atoms with E-state index in [9.17, 15) is 18.0 Å². The van der Waals surface area contributed by atoms with Gasteiger partial charge in [-0.1, -0.05) is 24.3 Å². The molecule has 9 heteroatoms. The number of benzene rings is 2. The number of halogens is 3. The van der Waals surface area contributed by atoms with Gasteiger partial charge in [0.25, 0.3) is 0 Å². The monoisotopic (exact) mass is 422 g/mol. The van der Waals surface area contributed by atoms with E-state index < -0.39 is 17.8 Å². The molecule has 2 aromatic rings. The Morgan fingerprint density at radius 2 is 1.63 bits per heavy atom. The van der Waals surface area contributed by atoms with Gasteiger partial charge in [-0.2, -0.15) is 13.2 Å². The molecule has 0 aromatic heterocycles. The predicted octanol–water partition coefficient (Wildman–Crippen LogP) is 4.18. The number of ether oxygens (including phenoxy) is 1. The van der Waals surface area contributed by atoms with Crippen LogP contribution in [0.25, 0.3) is 0 Å². The van der Waals surface area contributed by atoms with Gasteiger partial charge in [0.1, 0.15) is 0 Å². The maximum Gasteiger partial charge on any atom is 0.416 e. The van der Waals surface area contributed by atoms with Crippen molar-refractivity contribution in [3.8, 4) is 0 Å². The zero-order valence-corrected chi connectivity index (χ0v) is 16.8. The van der Waals surface area contributed by atoms with Gasteiger partial charge in [-0.15, -0.1) is 0 Å². The standard InChI is InChI=1S/C21H25F3N4O2/c1-3-25-19(26-13-12-15-4-8-17(9-5-15)21(22,23)24)27-14-16-6-10-18(11-7-16)28-20(29)30-2/h4-11H,3,12-14H2,1-2H3,(H,28,29)(H2,25,26,27). The van der Waals surface area contributed by atoms with E-state index in [4.69, 9.17) is 0 Å². The molecule has 3 N–H and O–H groups in total. The Morgan fingerprint density at radius 3 is 2.20 bits per heavy atom. The van der Waals surface area contributed by atoms with E-state index in [0.717, 1.165) is 23.3 Å². The molecule has 2 aromatic carbocycles. The van der Waals surface area contributed by atoms with Gasteiger partial charge in [-0.3, -0.25) is 5.32 Å². The molecule has 0 radical (unpaired) electrons. The van der Waals surface area contributed by atoms with Crippen LogP contribution in [0.3, 0.4) is 0 Å². The van der Waals surface area contributed by atoms with E-state index in [-0.39, 0.29) is 0 Å². The first-order chi connectivity index (χ1) is 14.3. The molecule has 0 heterocycles. The Morgan fingerprint density at radius 1 is 1.00 bits per heavy atom. The smallest absolute Gasteiger partial charge is 0.416 e. The Balaban J connectivity index is 1.87. The van der Waals surface area contributed by atoms with E-state index >= 15 is 0 Å². The van der Waals surface area contributed by atoms with Crippen molar-refractivity contribution < 1.29 is 22.7 Å². The zero-order valence-electron chi connectivity index (χ0n) is 16.8. The van der Waals surface area contributed by atoms with Crippen molar-refractivity contribution in [2.24, 2.45) is 4.99 Å². The molecule has 1 amide bonds. The summed E-state index contributed by atoms with van der Waals surface area (Å²) in [6.45, 7) is 3.57. The molecule has 0 bridgehead atoms. The van der Waals surface area contributed by atoms with Crippen LogP contribution in [0.5, 0.6) is 0 Å². The van der Waals surface area contributed by atoms with Crippen molar-refractivity contribution >= 4 is 17.7 Å². The Hall–Kier alpha value is -3.23. The van der Waals surface area contributed by atoms with E-state index in [1.807, 2.05) is 19.1 Å². The second-order valence-corrected chi connectivity index (χ2v) is 6.38. The van der Waals surface area contributed by atoms with E-state index in [0.29, 0.717) is 37.7 Å². The van der Waals surface area contributed by atoms with Crippen molar-refractivity contribution in [2.75, 3.05) is 25.5 Å². The van der Waals surface area contributed by atoms with Gasteiger partial charge in [-0.25, -0.2) is 9.79 Å². The highest BCUT2D eigenvalue weighted by Crippen LogP contribution is 2.29. The number of aliphatic imine (C=N–C) groups is 1. The third kappa shape index (κ3) is 7.65. The number of anilines is 1. The van der Waals surface area contributed by atoms with Gasteiger partial charge in [0.2, 0.25) is 0 Å². The SMILES string of the molecule is CCNC(=NCc1ccc(NC(=O)OC)cc1)NCCc1ccc(C(F)(F)F)cc1. The van der Waals surface area contributed by atoms with Crippen molar-refractivity contribution in [3.05, 3.63) is 65.2 Å². The third-order valence-corrected chi connectivity index (χ3v) is 4.14. The van der Waals surface area contributed by atoms with Crippen LogP contribution in [0.2, 0.25) is 0 Å². The van der Waals surface area contributed by atoms with Crippen molar-refractivity contribution in [1.29, 1.82) is 0 Å². The molecule has 30 heavy (non-hydrogen) atoms. The quantitative estimate of drug-likeness (QED) is 0.462. The first kappa shape index (κ1) is 23.1. The molecule has 0 aliphatic carbocycles. The summed E-state index contributed by atoms with van der Waals surface area (Å²) in [6, 6.07) is 12.4. The molecule has 0 saturated heterocycles. The van der Waals surface area contributed by atoms with E-state index in [2.05, 4.69) is 25.7 Å². The highest BCUT2D eigenvalue weighted by Gasteiger charge is 2.29. The summed E-state index contributed by atoms with van der Waals surface area (Å²) in [6.07, 6.45) is -4.29. The number of methoxy groups -OCH3 is 1. The summed E-state index contributed by atoms with van der Waals surface area (Å²) in [7, 11) is 1.30. The molecule has 0 saturated carbocycles. The molecule has 6 nitrogen and oxygen atoms in total. The Labute approximate surface area is 173 Å². The van der Waals surface area contributed by atoms with Crippen molar-refractivity contribution in [1.82, 2.24) is 10.6 Å². The van der Waals surface area contributed by atoms with Crippen LogP contribution in [0.4, 0.5) is 23.7 Å². The number of rotatable bonds is 7. The maximum atomic E-state index is 12.6. The maximum absolute atomic E-state index is 12.6. The lowest BCUT2D eigenvalue weighted by atomic mass is 10.1. The third-order valence-electron chi connectivity index (χ3n) is 4.14. The van der Waals surface area contributed by atoms with Crippen molar-refractivity contribution in [3.63, 3.8) is 0 Å². The largest absolute Gasteiger partial charge is 0.453 e. The normalized spacial score (nSPS) is 11.7. The number of carbonyl (C=O) groups is 1. The molecular formula is C21H25F3N4O2. The molecule has 0 aliphatic rings. The van der Waals surface area contributed by atoms with Gasteiger partial charge in [0, 0.05) is 18.8 Å². The Bertz CT molecular complexity index is 835.